The number of nitrogens with zero attached hydrogens (tertiary/aromatic N) is 2. The molecule has 0 aliphatic rings. The highest BCUT2D eigenvalue weighted by Crippen LogP contribution is 2.25. The van der Waals surface area contributed by atoms with Crippen molar-refractivity contribution in [2.75, 3.05) is 11.9 Å². The van der Waals surface area contributed by atoms with Crippen molar-refractivity contribution >= 4 is 17.4 Å². The number of hydrogen-bond acceptors (Lipinski definition) is 4. The molecule has 5 heteroatoms. The number of nitrogens with one attached hydrogen (secondary N) is 2. The van der Waals surface area contributed by atoms with Gasteiger partial charge in [0.2, 0.25) is 0 Å². The third kappa shape index (κ3) is 3.78. The number of benzene rings is 1. The molecule has 0 aliphatic heterocycles. The van der Waals surface area contributed by atoms with Gasteiger partial charge in [-0.1, -0.05) is 25.6 Å². The van der Waals surface area contributed by atoms with Crippen LogP contribution >= 0.6 is 11.8 Å². The highest BCUT2D eigenvalue weighted by molar-refractivity contribution is 7.99. The van der Waals surface area contributed by atoms with Crippen LogP contribution in [-0.2, 0) is 0 Å². The van der Waals surface area contributed by atoms with E-state index in [1.807, 2.05) is 0 Å². The fraction of sp³-hybridized carbons (Fsp3) is 0.333. The minimum absolute atomic E-state index is 0.651. The SMILES string of the molecule is CC(C)CNc1ccc(Sc2ncn[nH]2)cc1. The van der Waals surface area contributed by atoms with E-state index in [-0.39, 0.29) is 0 Å². The van der Waals surface area contributed by atoms with Crippen molar-refractivity contribution in [1.82, 2.24) is 15.2 Å². The van der Waals surface area contributed by atoms with Crippen molar-refractivity contribution in [3.63, 3.8) is 0 Å². The van der Waals surface area contributed by atoms with Gasteiger partial charge >= 0.3 is 0 Å². The number of aromatic amines is 1. The van der Waals surface area contributed by atoms with E-state index in [4.69, 9.17) is 0 Å². The van der Waals surface area contributed by atoms with E-state index in [0.29, 0.717) is 5.92 Å². The van der Waals surface area contributed by atoms with Crippen LogP contribution in [0, 0.1) is 5.92 Å². The average molecular weight is 248 g/mol. The van der Waals surface area contributed by atoms with Crippen LogP contribution < -0.4 is 5.32 Å². The zero-order valence-electron chi connectivity index (χ0n) is 9.97. The van der Waals surface area contributed by atoms with Crippen LogP contribution in [0.15, 0.2) is 40.6 Å². The highest BCUT2D eigenvalue weighted by atomic mass is 32.2. The predicted octanol–water partition coefficient (Wildman–Crippen LogP) is 3.02. The molecule has 1 heterocycles. The van der Waals surface area contributed by atoms with Crippen LogP contribution in [0.1, 0.15) is 13.8 Å². The minimum Gasteiger partial charge on any atom is -0.385 e. The summed E-state index contributed by atoms with van der Waals surface area (Å²) in [4.78, 5) is 5.22. The summed E-state index contributed by atoms with van der Waals surface area (Å²) in [7, 11) is 0. The Labute approximate surface area is 105 Å². The first-order chi connectivity index (χ1) is 8.24. The smallest absolute Gasteiger partial charge is 0.188 e. The largest absolute Gasteiger partial charge is 0.385 e. The van der Waals surface area contributed by atoms with Gasteiger partial charge in [0.1, 0.15) is 6.33 Å². The standard InChI is InChI=1S/C12H16N4S/c1-9(2)7-13-10-3-5-11(6-4-10)17-12-14-8-15-16-12/h3-6,8-9,13H,7H2,1-2H3,(H,14,15,16). The van der Waals surface area contributed by atoms with Gasteiger partial charge in [0.05, 0.1) is 0 Å². The molecule has 0 saturated carbocycles. The van der Waals surface area contributed by atoms with E-state index in [2.05, 4.69) is 58.6 Å². The van der Waals surface area contributed by atoms with Gasteiger partial charge in [-0.25, -0.2) is 4.98 Å². The quantitative estimate of drug-likeness (QED) is 0.854. The molecular weight excluding hydrogens is 232 g/mol. The third-order valence-corrected chi connectivity index (χ3v) is 3.07. The molecule has 90 valence electrons. The number of H-pyrrole nitrogens is 1. The summed E-state index contributed by atoms with van der Waals surface area (Å²) in [6, 6.07) is 8.33. The fourth-order valence-corrected chi connectivity index (χ4v) is 2.01. The molecule has 0 unspecified atom stereocenters. The second-order valence-electron chi connectivity index (χ2n) is 4.19. The average Bonchev–Trinajstić information content (AvgIpc) is 2.81. The summed E-state index contributed by atoms with van der Waals surface area (Å²) >= 11 is 1.57. The maximum atomic E-state index is 4.07. The summed E-state index contributed by atoms with van der Waals surface area (Å²) in [6.07, 6.45) is 1.51. The summed E-state index contributed by atoms with van der Waals surface area (Å²) < 4.78 is 0. The van der Waals surface area contributed by atoms with Crippen LogP contribution in [0.25, 0.3) is 0 Å². The van der Waals surface area contributed by atoms with Crippen molar-refractivity contribution in [1.29, 1.82) is 0 Å². The van der Waals surface area contributed by atoms with E-state index in [1.54, 1.807) is 11.8 Å². The molecule has 0 bridgehead atoms. The summed E-state index contributed by atoms with van der Waals surface area (Å²) in [6.45, 7) is 5.39. The maximum Gasteiger partial charge on any atom is 0.188 e. The summed E-state index contributed by atoms with van der Waals surface area (Å²) in [5.41, 5.74) is 1.15. The van der Waals surface area contributed by atoms with E-state index >= 15 is 0 Å². The molecule has 4 nitrogen and oxygen atoms in total. The number of aromatic nitrogens is 3. The lowest BCUT2D eigenvalue weighted by atomic mass is 10.2. The minimum atomic E-state index is 0.651. The topological polar surface area (TPSA) is 53.6 Å². The second-order valence-corrected chi connectivity index (χ2v) is 5.25. The molecule has 17 heavy (non-hydrogen) atoms. The van der Waals surface area contributed by atoms with Crippen molar-refractivity contribution in [2.45, 2.75) is 23.9 Å². The lowest BCUT2D eigenvalue weighted by molar-refractivity contribution is 0.689. The van der Waals surface area contributed by atoms with Gasteiger partial charge < -0.3 is 5.32 Å². The van der Waals surface area contributed by atoms with Crippen LogP contribution in [0.2, 0.25) is 0 Å². The number of rotatable bonds is 5. The highest BCUT2D eigenvalue weighted by Gasteiger charge is 2.00. The molecule has 0 fully saturated rings. The van der Waals surface area contributed by atoms with Crippen molar-refractivity contribution < 1.29 is 0 Å². The Bertz CT molecular complexity index is 436. The molecule has 0 amide bonds. The Morgan fingerprint density at radius 1 is 1.29 bits per heavy atom. The number of anilines is 1. The normalized spacial score (nSPS) is 10.8. The van der Waals surface area contributed by atoms with Crippen LogP contribution in [0.5, 0.6) is 0 Å². The van der Waals surface area contributed by atoms with E-state index in [1.165, 1.54) is 6.33 Å². The van der Waals surface area contributed by atoms with Gasteiger partial charge in [-0.2, -0.15) is 5.10 Å². The zero-order valence-corrected chi connectivity index (χ0v) is 10.8. The Balaban J connectivity index is 1.93. The Kier molecular flexibility index (Phi) is 4.03. The Morgan fingerprint density at radius 3 is 2.65 bits per heavy atom. The first-order valence-electron chi connectivity index (χ1n) is 5.61. The number of hydrogen-bond donors (Lipinski definition) is 2. The lowest BCUT2D eigenvalue weighted by Crippen LogP contribution is -2.07. The van der Waals surface area contributed by atoms with Gasteiger partial charge in [0, 0.05) is 17.1 Å². The third-order valence-electron chi connectivity index (χ3n) is 2.18. The first kappa shape index (κ1) is 12.0. The molecule has 2 aromatic rings. The van der Waals surface area contributed by atoms with Gasteiger partial charge in [-0.3, -0.25) is 5.10 Å². The predicted molar refractivity (Wildman–Crippen MR) is 70.3 cm³/mol. The van der Waals surface area contributed by atoms with Crippen LogP contribution in [0.4, 0.5) is 5.69 Å². The van der Waals surface area contributed by atoms with E-state index < -0.39 is 0 Å². The lowest BCUT2D eigenvalue weighted by Gasteiger charge is -2.09. The molecule has 2 rings (SSSR count). The summed E-state index contributed by atoms with van der Waals surface area (Å²) in [5.74, 6) is 0.651. The van der Waals surface area contributed by atoms with Crippen LogP contribution in [-0.4, -0.2) is 21.7 Å². The maximum absolute atomic E-state index is 4.07. The zero-order chi connectivity index (χ0) is 12.1. The first-order valence-corrected chi connectivity index (χ1v) is 6.43. The summed E-state index contributed by atoms with van der Waals surface area (Å²) in [5, 5.41) is 10.8. The molecule has 2 N–H and O–H groups in total. The van der Waals surface area contributed by atoms with E-state index in [9.17, 15) is 0 Å². The van der Waals surface area contributed by atoms with E-state index in [0.717, 1.165) is 22.3 Å². The molecule has 0 spiro atoms. The molecule has 0 atom stereocenters. The Hall–Kier alpha value is -1.49. The molecule has 1 aromatic carbocycles. The van der Waals surface area contributed by atoms with Gasteiger partial charge in [0.15, 0.2) is 5.16 Å². The molecule has 0 aliphatic carbocycles. The van der Waals surface area contributed by atoms with Gasteiger partial charge in [-0.05, 0) is 30.2 Å². The van der Waals surface area contributed by atoms with Crippen molar-refractivity contribution in [3.05, 3.63) is 30.6 Å². The molecule has 0 saturated heterocycles. The van der Waals surface area contributed by atoms with Crippen LogP contribution in [0.3, 0.4) is 0 Å². The fourth-order valence-electron chi connectivity index (χ4n) is 1.32. The van der Waals surface area contributed by atoms with Gasteiger partial charge in [-0.15, -0.1) is 0 Å². The van der Waals surface area contributed by atoms with Crippen molar-refractivity contribution in [2.24, 2.45) is 5.92 Å². The van der Waals surface area contributed by atoms with Gasteiger partial charge in [0.25, 0.3) is 0 Å². The monoisotopic (exact) mass is 248 g/mol. The second kappa shape index (κ2) is 5.72. The Morgan fingerprint density at radius 2 is 2.06 bits per heavy atom. The molecule has 0 radical (unpaired) electrons. The molecular formula is C12H16N4S. The molecule has 1 aromatic heterocycles. The van der Waals surface area contributed by atoms with Crippen molar-refractivity contribution in [3.8, 4) is 0 Å².